The third kappa shape index (κ3) is 3.68. The zero-order valence-electron chi connectivity index (χ0n) is 11.9. The zero-order valence-corrected chi connectivity index (χ0v) is 12.7. The van der Waals surface area contributed by atoms with E-state index in [1.54, 1.807) is 17.5 Å². The molecule has 0 aliphatic heterocycles. The van der Waals surface area contributed by atoms with E-state index in [4.69, 9.17) is 10.5 Å². The van der Waals surface area contributed by atoms with Crippen LogP contribution in [0.25, 0.3) is 10.7 Å². The summed E-state index contributed by atoms with van der Waals surface area (Å²) in [6, 6.07) is 3.25. The Morgan fingerprint density at radius 2 is 2.30 bits per heavy atom. The minimum Gasteiger partial charge on any atom is -0.459 e. The van der Waals surface area contributed by atoms with E-state index in [0.29, 0.717) is 6.54 Å². The number of rotatable bonds is 4. The Kier molecular flexibility index (Phi) is 4.25. The predicted molar refractivity (Wildman–Crippen MR) is 79.4 cm³/mol. The fraction of sp³-hybridized carbons (Fsp3) is 0.429. The smallest absolute Gasteiger partial charge is 0.325 e. The van der Waals surface area contributed by atoms with Gasteiger partial charge in [-0.2, -0.15) is 0 Å². The first-order chi connectivity index (χ1) is 9.37. The minimum atomic E-state index is -0.706. The van der Waals surface area contributed by atoms with Crippen molar-refractivity contribution in [2.24, 2.45) is 5.73 Å². The van der Waals surface area contributed by atoms with Gasteiger partial charge in [0.2, 0.25) is 0 Å². The standard InChI is InChI=1S/C14H19N3O2S/c1-14(2,3)19-13(18)10(15)9-17-7-6-16-12(17)11-5-4-8-20-11/h4-8,10H,9,15H2,1-3H3. The van der Waals surface area contributed by atoms with E-state index in [0.717, 1.165) is 10.7 Å². The third-order valence-corrected chi connectivity index (χ3v) is 3.43. The second-order valence-corrected chi connectivity index (χ2v) is 6.47. The molecule has 0 aliphatic rings. The molecular weight excluding hydrogens is 274 g/mol. The van der Waals surface area contributed by atoms with E-state index in [1.165, 1.54) is 0 Å². The number of hydrogen-bond donors (Lipinski definition) is 1. The Morgan fingerprint density at radius 1 is 1.55 bits per heavy atom. The van der Waals surface area contributed by atoms with Crippen molar-refractivity contribution >= 4 is 17.3 Å². The van der Waals surface area contributed by atoms with Gasteiger partial charge in [-0.25, -0.2) is 4.98 Å². The summed E-state index contributed by atoms with van der Waals surface area (Å²) in [6.07, 6.45) is 3.52. The largest absolute Gasteiger partial charge is 0.459 e. The van der Waals surface area contributed by atoms with Crippen LogP contribution in [0.2, 0.25) is 0 Å². The van der Waals surface area contributed by atoms with Gasteiger partial charge in [0, 0.05) is 12.4 Å². The van der Waals surface area contributed by atoms with Crippen LogP contribution < -0.4 is 5.73 Å². The monoisotopic (exact) mass is 293 g/mol. The molecule has 5 nitrogen and oxygen atoms in total. The molecule has 0 spiro atoms. The number of nitrogens with two attached hydrogens (primary N) is 1. The van der Waals surface area contributed by atoms with Crippen molar-refractivity contribution in [3.05, 3.63) is 29.9 Å². The molecule has 0 radical (unpaired) electrons. The van der Waals surface area contributed by atoms with E-state index in [1.807, 2.05) is 49.0 Å². The van der Waals surface area contributed by atoms with Gasteiger partial charge in [-0.3, -0.25) is 4.79 Å². The van der Waals surface area contributed by atoms with Gasteiger partial charge in [-0.15, -0.1) is 11.3 Å². The van der Waals surface area contributed by atoms with E-state index < -0.39 is 17.6 Å². The summed E-state index contributed by atoms with van der Waals surface area (Å²) >= 11 is 1.60. The summed E-state index contributed by atoms with van der Waals surface area (Å²) in [6.45, 7) is 5.83. The molecular formula is C14H19N3O2S. The maximum Gasteiger partial charge on any atom is 0.325 e. The van der Waals surface area contributed by atoms with Crippen LogP contribution in [0.15, 0.2) is 29.9 Å². The summed E-state index contributed by atoms with van der Waals surface area (Å²) in [5.41, 5.74) is 5.39. The molecule has 1 atom stereocenters. The highest BCUT2D eigenvalue weighted by Crippen LogP contribution is 2.23. The summed E-state index contributed by atoms with van der Waals surface area (Å²) in [5.74, 6) is 0.419. The van der Waals surface area contributed by atoms with Gasteiger partial charge in [0.05, 0.1) is 11.4 Å². The molecule has 0 aromatic carbocycles. The lowest BCUT2D eigenvalue weighted by molar-refractivity contribution is -0.156. The van der Waals surface area contributed by atoms with Gasteiger partial charge in [0.25, 0.3) is 0 Å². The minimum absolute atomic E-state index is 0.349. The Hall–Kier alpha value is -1.66. The van der Waals surface area contributed by atoms with E-state index in [2.05, 4.69) is 4.98 Å². The second kappa shape index (κ2) is 5.76. The van der Waals surface area contributed by atoms with Gasteiger partial charge in [-0.1, -0.05) is 6.07 Å². The number of hydrogen-bond acceptors (Lipinski definition) is 5. The quantitative estimate of drug-likeness (QED) is 0.878. The highest BCUT2D eigenvalue weighted by Gasteiger charge is 2.23. The lowest BCUT2D eigenvalue weighted by Gasteiger charge is -2.22. The van der Waals surface area contributed by atoms with Crippen molar-refractivity contribution in [3.63, 3.8) is 0 Å². The molecule has 2 aromatic rings. The number of carbonyl (C=O) groups is 1. The Labute approximate surface area is 122 Å². The summed E-state index contributed by atoms with van der Waals surface area (Å²) in [5, 5.41) is 1.99. The fourth-order valence-electron chi connectivity index (χ4n) is 1.75. The van der Waals surface area contributed by atoms with Crippen molar-refractivity contribution in [1.82, 2.24) is 9.55 Å². The van der Waals surface area contributed by atoms with Gasteiger partial charge in [-0.05, 0) is 32.2 Å². The van der Waals surface area contributed by atoms with Crippen LogP contribution in [0, 0.1) is 0 Å². The van der Waals surface area contributed by atoms with Crippen molar-refractivity contribution in [2.45, 2.75) is 39.0 Å². The highest BCUT2D eigenvalue weighted by molar-refractivity contribution is 7.13. The van der Waals surface area contributed by atoms with Crippen LogP contribution in [0.1, 0.15) is 20.8 Å². The van der Waals surface area contributed by atoms with Crippen LogP contribution >= 0.6 is 11.3 Å². The maximum atomic E-state index is 11.9. The van der Waals surface area contributed by atoms with Crippen LogP contribution in [0.3, 0.4) is 0 Å². The molecule has 0 bridgehead atoms. The number of thiophene rings is 1. The first-order valence-electron chi connectivity index (χ1n) is 6.40. The molecule has 2 heterocycles. The normalized spacial score (nSPS) is 13.2. The van der Waals surface area contributed by atoms with Crippen LogP contribution in [-0.2, 0) is 16.1 Å². The number of ether oxygens (including phenoxy) is 1. The van der Waals surface area contributed by atoms with Gasteiger partial charge >= 0.3 is 5.97 Å². The van der Waals surface area contributed by atoms with Crippen LogP contribution in [0.4, 0.5) is 0 Å². The fourth-order valence-corrected chi connectivity index (χ4v) is 2.49. The second-order valence-electron chi connectivity index (χ2n) is 5.52. The van der Waals surface area contributed by atoms with Crippen molar-refractivity contribution < 1.29 is 9.53 Å². The molecule has 1 unspecified atom stereocenters. The molecule has 20 heavy (non-hydrogen) atoms. The van der Waals surface area contributed by atoms with Gasteiger partial charge in [0.15, 0.2) is 0 Å². The summed E-state index contributed by atoms with van der Waals surface area (Å²) in [7, 11) is 0. The number of imidazole rings is 1. The molecule has 0 aliphatic carbocycles. The maximum absolute atomic E-state index is 11.9. The lowest BCUT2D eigenvalue weighted by Crippen LogP contribution is -2.40. The zero-order chi connectivity index (χ0) is 14.8. The molecule has 0 fully saturated rings. The Morgan fingerprint density at radius 3 is 2.90 bits per heavy atom. The number of nitrogens with zero attached hydrogens (tertiary/aromatic N) is 2. The number of carbonyl (C=O) groups excluding carboxylic acids is 1. The van der Waals surface area contributed by atoms with E-state index >= 15 is 0 Å². The SMILES string of the molecule is CC(C)(C)OC(=O)C(N)Cn1ccnc1-c1cccs1. The molecule has 6 heteroatoms. The highest BCUT2D eigenvalue weighted by atomic mass is 32.1. The summed E-state index contributed by atoms with van der Waals surface area (Å²) in [4.78, 5) is 17.3. The predicted octanol–water partition coefficient (Wildman–Crippen LogP) is 2.28. The molecule has 2 rings (SSSR count). The van der Waals surface area contributed by atoms with Gasteiger partial charge < -0.3 is 15.0 Å². The number of aromatic nitrogens is 2. The van der Waals surface area contributed by atoms with Crippen molar-refractivity contribution in [2.75, 3.05) is 0 Å². The van der Waals surface area contributed by atoms with Crippen molar-refractivity contribution in [3.8, 4) is 10.7 Å². The Balaban J connectivity index is 2.08. The Bertz CT molecular complexity index is 570. The first kappa shape index (κ1) is 14.7. The molecule has 2 aromatic heterocycles. The van der Waals surface area contributed by atoms with E-state index in [9.17, 15) is 4.79 Å². The van der Waals surface area contributed by atoms with E-state index in [-0.39, 0.29) is 0 Å². The summed E-state index contributed by atoms with van der Waals surface area (Å²) < 4.78 is 7.16. The average Bonchev–Trinajstić information content (AvgIpc) is 2.95. The van der Waals surface area contributed by atoms with Crippen molar-refractivity contribution in [1.29, 1.82) is 0 Å². The lowest BCUT2D eigenvalue weighted by atomic mass is 10.2. The molecule has 0 saturated heterocycles. The average molecular weight is 293 g/mol. The third-order valence-electron chi connectivity index (χ3n) is 2.56. The first-order valence-corrected chi connectivity index (χ1v) is 7.28. The van der Waals surface area contributed by atoms with Gasteiger partial charge in [0.1, 0.15) is 17.5 Å². The topological polar surface area (TPSA) is 70.1 Å². The van der Waals surface area contributed by atoms with Crippen LogP contribution in [0.5, 0.6) is 0 Å². The van der Waals surface area contributed by atoms with Crippen LogP contribution in [-0.4, -0.2) is 27.2 Å². The molecule has 2 N–H and O–H groups in total. The number of esters is 1. The molecule has 0 saturated carbocycles. The molecule has 108 valence electrons. The molecule has 0 amide bonds.